The van der Waals surface area contributed by atoms with Crippen LogP contribution in [0.1, 0.15) is 32.7 Å². The first-order chi connectivity index (χ1) is 14.5. The van der Waals surface area contributed by atoms with Gasteiger partial charge in [0.25, 0.3) is 0 Å². The quantitative estimate of drug-likeness (QED) is 0.621. The van der Waals surface area contributed by atoms with Crippen LogP contribution in [0.15, 0.2) is 48.5 Å². The van der Waals surface area contributed by atoms with Crippen LogP contribution in [-0.2, 0) is 33.8 Å². The molecule has 2 aromatic carbocycles. The maximum Gasteiger partial charge on any atom is 0.340 e. The highest BCUT2D eigenvalue weighted by molar-refractivity contribution is 5.98. The van der Waals surface area contributed by atoms with E-state index in [1.807, 2.05) is 54.3 Å². The van der Waals surface area contributed by atoms with E-state index in [1.165, 1.54) is 14.2 Å². The summed E-state index contributed by atoms with van der Waals surface area (Å²) >= 11 is 0. The first-order valence-electron chi connectivity index (χ1n) is 9.88. The number of para-hydroxylation sites is 1. The Hall–Kier alpha value is -3.25. The number of hydrogen-bond donors (Lipinski definition) is 0. The lowest BCUT2D eigenvalue weighted by molar-refractivity contribution is -0.148. The van der Waals surface area contributed by atoms with Crippen LogP contribution in [0.3, 0.4) is 0 Å². The van der Waals surface area contributed by atoms with E-state index in [1.54, 1.807) is 0 Å². The van der Waals surface area contributed by atoms with Crippen LogP contribution in [-0.4, -0.2) is 42.1 Å². The van der Waals surface area contributed by atoms with Crippen LogP contribution >= 0.6 is 0 Å². The van der Waals surface area contributed by atoms with Gasteiger partial charge < -0.3 is 9.47 Å². The highest BCUT2D eigenvalue weighted by Crippen LogP contribution is 2.29. The summed E-state index contributed by atoms with van der Waals surface area (Å²) in [6.07, 6.45) is 0.558. The molecule has 4 rings (SSSR count). The molecule has 6 heteroatoms. The molecule has 0 amide bonds. The second-order valence-electron chi connectivity index (χ2n) is 7.48. The van der Waals surface area contributed by atoms with Gasteiger partial charge in [-0.05, 0) is 36.1 Å². The zero-order valence-corrected chi connectivity index (χ0v) is 17.3. The van der Waals surface area contributed by atoms with E-state index < -0.39 is 12.0 Å². The lowest BCUT2D eigenvalue weighted by Crippen LogP contribution is -2.46. The molecule has 30 heavy (non-hydrogen) atoms. The van der Waals surface area contributed by atoms with Crippen molar-refractivity contribution in [1.82, 2.24) is 9.88 Å². The molecule has 0 aliphatic carbocycles. The normalized spacial score (nSPS) is 16.2. The van der Waals surface area contributed by atoms with E-state index >= 15 is 0 Å². The Morgan fingerprint density at radius 2 is 1.73 bits per heavy atom. The SMILES string of the molecule is COC(=O)c1c(CN2Cc3ccccc3C[C@H]2C(=O)OC)nc2ccccc2c1C. The van der Waals surface area contributed by atoms with Crippen molar-refractivity contribution in [2.75, 3.05) is 14.2 Å². The molecule has 1 aromatic heterocycles. The maximum absolute atomic E-state index is 12.6. The summed E-state index contributed by atoms with van der Waals surface area (Å²) in [6.45, 7) is 2.82. The zero-order valence-electron chi connectivity index (χ0n) is 17.3. The van der Waals surface area contributed by atoms with Crippen molar-refractivity contribution < 1.29 is 19.1 Å². The Morgan fingerprint density at radius 3 is 2.47 bits per heavy atom. The van der Waals surface area contributed by atoms with Crippen molar-refractivity contribution in [3.8, 4) is 0 Å². The minimum atomic E-state index is -0.441. The Kier molecular flexibility index (Phi) is 5.50. The number of aryl methyl sites for hydroxylation is 1. The monoisotopic (exact) mass is 404 g/mol. The minimum Gasteiger partial charge on any atom is -0.468 e. The van der Waals surface area contributed by atoms with Gasteiger partial charge in [-0.1, -0.05) is 42.5 Å². The van der Waals surface area contributed by atoms with Crippen LogP contribution in [0.2, 0.25) is 0 Å². The van der Waals surface area contributed by atoms with Crippen LogP contribution in [0, 0.1) is 6.92 Å². The average Bonchev–Trinajstić information content (AvgIpc) is 2.78. The van der Waals surface area contributed by atoms with Crippen LogP contribution in [0.4, 0.5) is 0 Å². The number of pyridine rings is 1. The predicted octanol–water partition coefficient (Wildman–Crippen LogP) is 3.43. The predicted molar refractivity (Wildman–Crippen MR) is 113 cm³/mol. The number of nitrogens with zero attached hydrogens (tertiary/aromatic N) is 2. The van der Waals surface area contributed by atoms with Gasteiger partial charge in [0.15, 0.2) is 0 Å². The molecule has 2 heterocycles. The van der Waals surface area contributed by atoms with E-state index in [4.69, 9.17) is 14.5 Å². The third kappa shape index (κ3) is 3.55. The van der Waals surface area contributed by atoms with Gasteiger partial charge in [-0.25, -0.2) is 4.79 Å². The van der Waals surface area contributed by atoms with Crippen molar-refractivity contribution in [3.05, 3.63) is 76.5 Å². The second kappa shape index (κ2) is 8.24. The zero-order chi connectivity index (χ0) is 21.3. The Morgan fingerprint density at radius 1 is 1.03 bits per heavy atom. The molecule has 0 saturated carbocycles. The summed E-state index contributed by atoms with van der Waals surface area (Å²) in [5, 5.41) is 0.912. The molecular weight excluding hydrogens is 380 g/mol. The standard InChI is InChI=1S/C24H24N2O4/c1-15-18-10-6-7-11-19(18)25-20(22(15)24(28)30-3)14-26-13-17-9-5-4-8-16(17)12-21(26)23(27)29-2/h4-11,21H,12-14H2,1-3H3/t21-/m0/s1. The first kappa shape index (κ1) is 20.0. The lowest BCUT2D eigenvalue weighted by atomic mass is 9.93. The summed E-state index contributed by atoms with van der Waals surface area (Å²) < 4.78 is 10.1. The van der Waals surface area contributed by atoms with Gasteiger partial charge in [0, 0.05) is 18.5 Å². The topological polar surface area (TPSA) is 68.7 Å². The van der Waals surface area contributed by atoms with Gasteiger partial charge in [0.05, 0.1) is 31.0 Å². The molecule has 0 bridgehead atoms. The molecular formula is C24H24N2O4. The molecule has 0 N–H and O–H groups in total. The number of benzene rings is 2. The molecule has 154 valence electrons. The summed E-state index contributed by atoms with van der Waals surface area (Å²) in [5.41, 5.74) is 5.00. The highest BCUT2D eigenvalue weighted by atomic mass is 16.5. The molecule has 1 aliphatic heterocycles. The molecule has 1 aliphatic rings. The summed E-state index contributed by atoms with van der Waals surface area (Å²) in [6, 6.07) is 15.4. The number of methoxy groups -OCH3 is 2. The number of rotatable bonds is 4. The molecule has 0 spiro atoms. The third-order valence-corrected chi connectivity index (χ3v) is 5.79. The number of carbonyl (C=O) groups is 2. The van der Waals surface area contributed by atoms with E-state index in [9.17, 15) is 9.59 Å². The molecule has 3 aromatic rings. The molecule has 0 radical (unpaired) electrons. The Bertz CT molecular complexity index is 1130. The number of carbonyl (C=O) groups excluding carboxylic acids is 2. The fourth-order valence-electron chi connectivity index (χ4n) is 4.23. The lowest BCUT2D eigenvalue weighted by Gasteiger charge is -2.35. The first-order valence-corrected chi connectivity index (χ1v) is 9.88. The number of fused-ring (bicyclic) bond motifs is 2. The average molecular weight is 404 g/mol. The number of hydrogen-bond acceptors (Lipinski definition) is 6. The molecule has 0 unspecified atom stereocenters. The van der Waals surface area contributed by atoms with Gasteiger partial charge in [-0.15, -0.1) is 0 Å². The van der Waals surface area contributed by atoms with Crippen molar-refractivity contribution in [1.29, 1.82) is 0 Å². The van der Waals surface area contributed by atoms with Crippen molar-refractivity contribution in [3.63, 3.8) is 0 Å². The maximum atomic E-state index is 12.6. The summed E-state index contributed by atoms with van der Waals surface area (Å²) in [4.78, 5) is 32.0. The number of esters is 2. The number of aromatic nitrogens is 1. The Labute approximate surface area is 175 Å². The van der Waals surface area contributed by atoms with Crippen molar-refractivity contribution in [2.45, 2.75) is 32.5 Å². The van der Waals surface area contributed by atoms with Crippen LogP contribution in [0.5, 0.6) is 0 Å². The van der Waals surface area contributed by atoms with Crippen LogP contribution < -0.4 is 0 Å². The summed E-state index contributed by atoms with van der Waals surface area (Å²) in [5.74, 6) is -0.714. The smallest absolute Gasteiger partial charge is 0.340 e. The van der Waals surface area contributed by atoms with E-state index in [0.29, 0.717) is 30.8 Å². The molecule has 1 atom stereocenters. The highest BCUT2D eigenvalue weighted by Gasteiger charge is 2.33. The van der Waals surface area contributed by atoms with Gasteiger partial charge >= 0.3 is 11.9 Å². The second-order valence-corrected chi connectivity index (χ2v) is 7.48. The van der Waals surface area contributed by atoms with Crippen molar-refractivity contribution >= 4 is 22.8 Å². The van der Waals surface area contributed by atoms with Crippen LogP contribution in [0.25, 0.3) is 10.9 Å². The van der Waals surface area contributed by atoms with E-state index in [0.717, 1.165) is 27.6 Å². The fraction of sp³-hybridized carbons (Fsp3) is 0.292. The largest absolute Gasteiger partial charge is 0.468 e. The summed E-state index contributed by atoms with van der Waals surface area (Å²) in [7, 11) is 2.77. The fourth-order valence-corrected chi connectivity index (χ4v) is 4.23. The van der Waals surface area contributed by atoms with E-state index in [2.05, 4.69) is 6.07 Å². The third-order valence-electron chi connectivity index (χ3n) is 5.79. The van der Waals surface area contributed by atoms with Gasteiger partial charge in [0.1, 0.15) is 6.04 Å². The van der Waals surface area contributed by atoms with Gasteiger partial charge in [0.2, 0.25) is 0 Å². The molecule has 0 saturated heterocycles. The van der Waals surface area contributed by atoms with Gasteiger partial charge in [-0.3, -0.25) is 14.7 Å². The number of ether oxygens (including phenoxy) is 2. The Balaban J connectivity index is 1.80. The van der Waals surface area contributed by atoms with Crippen molar-refractivity contribution in [2.24, 2.45) is 0 Å². The minimum absolute atomic E-state index is 0.290. The van der Waals surface area contributed by atoms with E-state index in [-0.39, 0.29) is 5.97 Å². The molecule has 6 nitrogen and oxygen atoms in total. The molecule has 0 fully saturated rings. The van der Waals surface area contributed by atoms with Gasteiger partial charge in [-0.2, -0.15) is 0 Å².